The van der Waals surface area contributed by atoms with E-state index in [1.165, 1.54) is 45.4 Å². The van der Waals surface area contributed by atoms with Crippen LogP contribution in [0.1, 0.15) is 42.0 Å². The topological polar surface area (TPSA) is 31.4 Å². The Morgan fingerprint density at radius 1 is 1.11 bits per heavy atom. The van der Waals surface area contributed by atoms with E-state index in [-0.39, 0.29) is 0 Å². The van der Waals surface area contributed by atoms with Gasteiger partial charge >= 0.3 is 0 Å². The quantitative estimate of drug-likeness (QED) is 0.829. The van der Waals surface area contributed by atoms with Gasteiger partial charge in [0, 0.05) is 42.5 Å². The molecule has 0 atom stereocenters. The molecule has 6 heteroatoms. The van der Waals surface area contributed by atoms with Crippen LogP contribution in [-0.2, 0) is 19.4 Å². The van der Waals surface area contributed by atoms with E-state index < -0.39 is 0 Å². The van der Waals surface area contributed by atoms with Crippen LogP contribution in [0.5, 0.6) is 0 Å². The number of likely N-dealkylation sites (N-methyl/N-ethyl adjacent to an activating group) is 1. The summed E-state index contributed by atoms with van der Waals surface area (Å²) >= 11 is 3.94. The Balaban J connectivity index is 1.70. The monoisotopic (exact) mass is 404 g/mol. The van der Waals surface area contributed by atoms with Crippen LogP contribution in [0.25, 0.3) is 9.75 Å². The largest absolute Gasteiger partial charge is 0.346 e. The Morgan fingerprint density at radius 3 is 2.56 bits per heavy atom. The molecule has 0 aromatic carbocycles. The molecule has 1 aliphatic carbocycles. The zero-order valence-corrected chi connectivity index (χ0v) is 18.9. The van der Waals surface area contributed by atoms with Crippen LogP contribution >= 0.6 is 22.7 Å². The van der Waals surface area contributed by atoms with Crippen molar-refractivity contribution in [1.29, 1.82) is 0 Å². The summed E-state index contributed by atoms with van der Waals surface area (Å²) in [6.45, 7) is 12.4. The fourth-order valence-electron chi connectivity index (χ4n) is 4.21. The molecular formula is C21H32N4S2. The van der Waals surface area contributed by atoms with Crippen LogP contribution in [0.2, 0.25) is 0 Å². The van der Waals surface area contributed by atoms with Crippen molar-refractivity contribution in [2.24, 2.45) is 5.41 Å². The van der Waals surface area contributed by atoms with E-state index in [1.807, 2.05) is 29.7 Å². The second-order valence-corrected chi connectivity index (χ2v) is 11.0. The van der Waals surface area contributed by atoms with Gasteiger partial charge in [-0.25, -0.2) is 4.98 Å². The Labute approximate surface area is 171 Å². The van der Waals surface area contributed by atoms with E-state index in [0.717, 1.165) is 32.7 Å². The van der Waals surface area contributed by atoms with Crippen molar-refractivity contribution in [3.63, 3.8) is 0 Å². The molecule has 0 spiro atoms. The summed E-state index contributed by atoms with van der Waals surface area (Å²) in [5.41, 5.74) is 4.78. The third-order valence-corrected chi connectivity index (χ3v) is 8.77. The van der Waals surface area contributed by atoms with E-state index in [2.05, 4.69) is 42.9 Å². The number of hydrogen-bond acceptors (Lipinski definition) is 6. The second kappa shape index (κ2) is 7.47. The first-order chi connectivity index (χ1) is 12.9. The van der Waals surface area contributed by atoms with Crippen molar-refractivity contribution in [3.8, 4) is 9.75 Å². The molecule has 0 unspecified atom stereocenters. The number of nitrogens with one attached hydrogen (secondary N) is 1. The van der Waals surface area contributed by atoms with E-state index in [9.17, 15) is 0 Å². The number of rotatable bonds is 4. The van der Waals surface area contributed by atoms with Crippen molar-refractivity contribution >= 4 is 27.8 Å². The molecule has 4 nitrogen and oxygen atoms in total. The van der Waals surface area contributed by atoms with Gasteiger partial charge in [-0.2, -0.15) is 0 Å². The molecular weight excluding hydrogens is 372 g/mol. The van der Waals surface area contributed by atoms with Crippen LogP contribution in [0.4, 0.5) is 5.13 Å². The summed E-state index contributed by atoms with van der Waals surface area (Å²) in [6, 6.07) is 0. The first kappa shape index (κ1) is 19.4. The van der Waals surface area contributed by atoms with Crippen molar-refractivity contribution in [1.82, 2.24) is 15.2 Å². The summed E-state index contributed by atoms with van der Waals surface area (Å²) in [5.74, 6) is 0. The minimum absolute atomic E-state index is 0.433. The number of hydrogen-bond donors (Lipinski definition) is 1. The average Bonchev–Trinajstić information content (AvgIpc) is 3.17. The molecule has 2 aliphatic rings. The van der Waals surface area contributed by atoms with Gasteiger partial charge in [-0.1, -0.05) is 25.2 Å². The summed E-state index contributed by atoms with van der Waals surface area (Å²) in [7, 11) is 4.23. The number of thiazole rings is 1. The highest BCUT2D eigenvalue weighted by Gasteiger charge is 2.31. The minimum Gasteiger partial charge on any atom is -0.346 e. The maximum Gasteiger partial charge on any atom is 0.186 e. The lowest BCUT2D eigenvalue weighted by molar-refractivity contribution is 0.312. The van der Waals surface area contributed by atoms with Crippen molar-refractivity contribution in [2.45, 2.75) is 46.6 Å². The predicted octanol–water partition coefficient (Wildman–Crippen LogP) is 4.17. The Kier molecular flexibility index (Phi) is 5.36. The first-order valence-electron chi connectivity index (χ1n) is 10.1. The van der Waals surface area contributed by atoms with E-state index >= 15 is 0 Å². The SMILES string of the molecule is CNCc1nc(N2CCN(C)CC2)sc1-c1sc2c(c1C)CC(C)(C)CC2. The van der Waals surface area contributed by atoms with E-state index in [4.69, 9.17) is 4.98 Å². The zero-order valence-electron chi connectivity index (χ0n) is 17.3. The van der Waals surface area contributed by atoms with Crippen LogP contribution in [0.3, 0.4) is 0 Å². The highest BCUT2D eigenvalue weighted by Crippen LogP contribution is 2.47. The van der Waals surface area contributed by atoms with Crippen LogP contribution < -0.4 is 10.2 Å². The predicted molar refractivity (Wildman–Crippen MR) is 118 cm³/mol. The molecule has 2 aromatic rings. The third kappa shape index (κ3) is 3.82. The van der Waals surface area contributed by atoms with Gasteiger partial charge < -0.3 is 15.1 Å². The molecule has 0 bridgehead atoms. The molecule has 1 fully saturated rings. The molecule has 0 radical (unpaired) electrons. The second-order valence-electron chi connectivity index (χ2n) is 8.89. The summed E-state index contributed by atoms with van der Waals surface area (Å²) in [6.07, 6.45) is 3.76. The van der Waals surface area contributed by atoms with Crippen LogP contribution in [0.15, 0.2) is 0 Å². The number of aryl methyl sites for hydroxylation is 1. The molecule has 1 saturated heterocycles. The number of thiophene rings is 1. The standard InChI is InChI=1S/C21H32N4S2/c1-14-15-12-21(2,3)7-6-17(15)26-18(14)19-16(13-22-4)23-20(27-19)25-10-8-24(5)9-11-25/h22H,6-13H2,1-5H3. The third-order valence-electron chi connectivity index (χ3n) is 6.05. The molecule has 0 amide bonds. The molecule has 0 saturated carbocycles. The number of aromatic nitrogens is 1. The Morgan fingerprint density at radius 2 is 1.85 bits per heavy atom. The Hall–Kier alpha value is -0.950. The van der Waals surface area contributed by atoms with Gasteiger partial charge in [0.1, 0.15) is 0 Å². The average molecular weight is 405 g/mol. The molecule has 3 heterocycles. The molecule has 27 heavy (non-hydrogen) atoms. The normalized spacial score (nSPS) is 20.1. The number of anilines is 1. The number of nitrogens with zero attached hydrogens (tertiary/aromatic N) is 3. The smallest absolute Gasteiger partial charge is 0.186 e. The zero-order chi connectivity index (χ0) is 19.2. The maximum absolute atomic E-state index is 5.07. The summed E-state index contributed by atoms with van der Waals surface area (Å²) in [5, 5.41) is 4.54. The van der Waals surface area contributed by atoms with Gasteiger partial charge in [0.25, 0.3) is 0 Å². The minimum atomic E-state index is 0.433. The van der Waals surface area contributed by atoms with Gasteiger partial charge in [-0.15, -0.1) is 11.3 Å². The van der Waals surface area contributed by atoms with Crippen LogP contribution in [0, 0.1) is 12.3 Å². The molecule has 148 valence electrons. The summed E-state index contributed by atoms with van der Waals surface area (Å²) in [4.78, 5) is 14.4. The van der Waals surface area contributed by atoms with Crippen molar-refractivity contribution in [3.05, 3.63) is 21.7 Å². The molecule has 2 aromatic heterocycles. The van der Waals surface area contributed by atoms with Crippen LogP contribution in [-0.4, -0.2) is 50.2 Å². The maximum atomic E-state index is 5.07. The fourth-order valence-corrected chi connectivity index (χ4v) is 6.88. The first-order valence-corrected chi connectivity index (χ1v) is 11.7. The van der Waals surface area contributed by atoms with Crippen molar-refractivity contribution in [2.75, 3.05) is 45.2 Å². The highest BCUT2D eigenvalue weighted by atomic mass is 32.1. The van der Waals surface area contributed by atoms with Gasteiger partial charge in [-0.3, -0.25) is 0 Å². The van der Waals surface area contributed by atoms with E-state index in [1.54, 1.807) is 10.4 Å². The lowest BCUT2D eigenvalue weighted by Gasteiger charge is -2.32. The lowest BCUT2D eigenvalue weighted by Crippen LogP contribution is -2.44. The van der Waals surface area contributed by atoms with Gasteiger partial charge in [-0.05, 0) is 56.8 Å². The van der Waals surface area contributed by atoms with Gasteiger partial charge in [0.2, 0.25) is 0 Å². The van der Waals surface area contributed by atoms with Gasteiger partial charge in [0.15, 0.2) is 5.13 Å². The molecule has 4 rings (SSSR count). The molecule has 1 N–H and O–H groups in total. The summed E-state index contributed by atoms with van der Waals surface area (Å²) < 4.78 is 0. The van der Waals surface area contributed by atoms with Crippen molar-refractivity contribution < 1.29 is 0 Å². The van der Waals surface area contributed by atoms with E-state index in [0.29, 0.717) is 5.41 Å². The number of piperazine rings is 1. The van der Waals surface area contributed by atoms with Gasteiger partial charge in [0.05, 0.1) is 10.6 Å². The fraction of sp³-hybridized carbons (Fsp3) is 0.667. The molecule has 1 aliphatic heterocycles. The Bertz CT molecular complexity index is 813. The lowest BCUT2D eigenvalue weighted by atomic mass is 9.76. The number of fused-ring (bicyclic) bond motifs is 1. The highest BCUT2D eigenvalue weighted by molar-refractivity contribution is 7.24.